The van der Waals surface area contributed by atoms with E-state index in [1.807, 2.05) is 17.9 Å². The Kier molecular flexibility index (Phi) is 2.11. The van der Waals surface area contributed by atoms with E-state index < -0.39 is 0 Å². The van der Waals surface area contributed by atoms with Gasteiger partial charge in [-0.15, -0.1) is 4.68 Å². The summed E-state index contributed by atoms with van der Waals surface area (Å²) in [5, 5.41) is 4.74. The van der Waals surface area contributed by atoms with E-state index in [0.717, 1.165) is 6.54 Å². The summed E-state index contributed by atoms with van der Waals surface area (Å²) in [6.45, 7) is 4.37. The van der Waals surface area contributed by atoms with E-state index >= 15 is 0 Å². The van der Waals surface area contributed by atoms with Gasteiger partial charge in [0, 0.05) is 0 Å². The van der Waals surface area contributed by atoms with Crippen molar-refractivity contribution >= 4 is 12.6 Å². The molecule has 0 amide bonds. The summed E-state index contributed by atoms with van der Waals surface area (Å²) in [6.07, 6.45) is 3.67. The molecule has 0 aromatic carbocycles. The van der Waals surface area contributed by atoms with Gasteiger partial charge in [0.1, 0.15) is 13.6 Å². The molecule has 0 unspecified atom stereocenters. The zero-order chi connectivity index (χ0) is 7.56. The van der Waals surface area contributed by atoms with Gasteiger partial charge in [0.15, 0.2) is 0 Å². The fourth-order valence-electron chi connectivity index (χ4n) is 0.746. The number of thiol groups is 1. The summed E-state index contributed by atoms with van der Waals surface area (Å²) in [7, 11) is 1.86. The van der Waals surface area contributed by atoms with Crippen LogP contribution in [0.15, 0.2) is 24.1 Å². The minimum absolute atomic E-state index is 0.711. The Hall–Kier alpha value is -0.770. The van der Waals surface area contributed by atoms with Crippen LogP contribution in [-0.2, 0) is 13.6 Å². The molecule has 1 rings (SSSR count). The topological polar surface area (TPSA) is 21.7 Å². The maximum atomic E-state index is 4.14. The van der Waals surface area contributed by atoms with Crippen molar-refractivity contribution in [2.24, 2.45) is 7.05 Å². The number of aromatic nitrogens is 3. The molecule has 0 N–H and O–H groups in total. The van der Waals surface area contributed by atoms with E-state index in [0.29, 0.717) is 5.16 Å². The highest BCUT2D eigenvalue weighted by atomic mass is 32.1. The molecular weight excluding hydrogens is 146 g/mol. The quantitative estimate of drug-likeness (QED) is 0.368. The van der Waals surface area contributed by atoms with Crippen molar-refractivity contribution in [1.82, 2.24) is 9.67 Å². The predicted molar refractivity (Wildman–Crippen MR) is 40.9 cm³/mol. The second kappa shape index (κ2) is 2.88. The molecule has 1 aromatic heterocycles. The Balaban J connectivity index is 2.91. The van der Waals surface area contributed by atoms with Gasteiger partial charge in [0.05, 0.1) is 0 Å². The van der Waals surface area contributed by atoms with E-state index in [-0.39, 0.29) is 0 Å². The van der Waals surface area contributed by atoms with Crippen molar-refractivity contribution in [2.45, 2.75) is 11.7 Å². The molecule has 3 nitrogen and oxygen atoms in total. The zero-order valence-electron chi connectivity index (χ0n) is 5.86. The zero-order valence-corrected chi connectivity index (χ0v) is 6.75. The molecule has 0 aliphatic carbocycles. The van der Waals surface area contributed by atoms with Gasteiger partial charge in [-0.05, 0) is 5.10 Å². The summed E-state index contributed by atoms with van der Waals surface area (Å²) in [5.74, 6) is 0. The fourth-order valence-corrected chi connectivity index (χ4v) is 1.02. The normalized spacial score (nSPS) is 9.80. The number of aryl methyl sites for hydroxylation is 1. The first-order valence-electron chi connectivity index (χ1n) is 2.97. The lowest BCUT2D eigenvalue weighted by atomic mass is 10.6. The lowest BCUT2D eigenvalue weighted by Gasteiger charge is -1.85. The van der Waals surface area contributed by atoms with Crippen molar-refractivity contribution in [1.29, 1.82) is 0 Å². The summed E-state index contributed by atoms with van der Waals surface area (Å²) in [6, 6.07) is 0. The first-order valence-corrected chi connectivity index (χ1v) is 3.41. The highest BCUT2D eigenvalue weighted by molar-refractivity contribution is 7.80. The molecular formula is C6H10N3S+. The molecule has 0 aliphatic rings. The van der Waals surface area contributed by atoms with Gasteiger partial charge in [0.2, 0.25) is 0 Å². The second-order valence-electron chi connectivity index (χ2n) is 2.03. The summed E-state index contributed by atoms with van der Waals surface area (Å²) >= 11 is 4.14. The van der Waals surface area contributed by atoms with E-state index in [9.17, 15) is 0 Å². The number of nitrogens with zero attached hydrogens (tertiary/aromatic N) is 3. The molecule has 4 heteroatoms. The number of rotatable bonds is 2. The first kappa shape index (κ1) is 7.34. The Morgan fingerprint density at radius 3 is 3.10 bits per heavy atom. The maximum Gasteiger partial charge on any atom is 0.292 e. The molecule has 10 heavy (non-hydrogen) atoms. The van der Waals surface area contributed by atoms with Crippen LogP contribution < -0.4 is 4.68 Å². The van der Waals surface area contributed by atoms with Crippen LogP contribution in [-0.4, -0.2) is 9.67 Å². The van der Waals surface area contributed by atoms with Crippen molar-refractivity contribution in [3.8, 4) is 0 Å². The maximum absolute atomic E-state index is 4.14. The molecule has 1 aromatic rings. The standard InChI is InChI=1S/C6H9N3S/c1-3-4-9-5-8(2)7-6(9)10/h3,5H,1,4H2,2H3/p+1. The largest absolute Gasteiger partial charge is 0.292 e. The fraction of sp³-hybridized carbons (Fsp3) is 0.333. The minimum Gasteiger partial charge on any atom is -0.204 e. The molecule has 0 saturated carbocycles. The van der Waals surface area contributed by atoms with E-state index in [2.05, 4.69) is 24.3 Å². The number of hydrogen-bond donors (Lipinski definition) is 1. The van der Waals surface area contributed by atoms with E-state index in [4.69, 9.17) is 0 Å². The lowest BCUT2D eigenvalue weighted by Crippen LogP contribution is -2.28. The molecule has 0 fully saturated rings. The molecule has 0 radical (unpaired) electrons. The highest BCUT2D eigenvalue weighted by Gasteiger charge is 2.05. The van der Waals surface area contributed by atoms with E-state index in [1.165, 1.54) is 0 Å². The van der Waals surface area contributed by atoms with Gasteiger partial charge in [-0.2, -0.15) is 0 Å². The van der Waals surface area contributed by atoms with Crippen LogP contribution in [0.5, 0.6) is 0 Å². The SMILES string of the molecule is C=CCn1c[n+](C)nc1S. The molecule has 0 spiro atoms. The average Bonchev–Trinajstić information content (AvgIpc) is 2.13. The minimum atomic E-state index is 0.711. The Labute approximate surface area is 65.4 Å². The van der Waals surface area contributed by atoms with Crippen molar-refractivity contribution in [3.05, 3.63) is 19.0 Å². The van der Waals surface area contributed by atoms with Crippen LogP contribution >= 0.6 is 12.6 Å². The van der Waals surface area contributed by atoms with Crippen LogP contribution in [0, 0.1) is 0 Å². The summed E-state index contributed by atoms with van der Waals surface area (Å²) in [4.78, 5) is 0. The van der Waals surface area contributed by atoms with Crippen LogP contribution in [0.3, 0.4) is 0 Å². The second-order valence-corrected chi connectivity index (χ2v) is 2.43. The average molecular weight is 156 g/mol. The lowest BCUT2D eigenvalue weighted by molar-refractivity contribution is -0.730. The monoisotopic (exact) mass is 156 g/mol. The number of hydrogen-bond acceptors (Lipinski definition) is 2. The highest BCUT2D eigenvalue weighted by Crippen LogP contribution is 1.97. The third-order valence-corrected chi connectivity index (χ3v) is 1.48. The van der Waals surface area contributed by atoms with Gasteiger partial charge in [0.25, 0.3) is 11.5 Å². The summed E-state index contributed by atoms with van der Waals surface area (Å²) < 4.78 is 3.61. The Morgan fingerprint density at radius 2 is 2.70 bits per heavy atom. The van der Waals surface area contributed by atoms with Gasteiger partial charge < -0.3 is 0 Å². The molecule has 0 saturated heterocycles. The van der Waals surface area contributed by atoms with Gasteiger partial charge in [-0.1, -0.05) is 25.3 Å². The van der Waals surface area contributed by atoms with Crippen molar-refractivity contribution < 1.29 is 4.68 Å². The smallest absolute Gasteiger partial charge is 0.204 e. The molecule has 0 bridgehead atoms. The van der Waals surface area contributed by atoms with Gasteiger partial charge in [-0.25, -0.2) is 4.57 Å². The van der Waals surface area contributed by atoms with Crippen LogP contribution in [0.4, 0.5) is 0 Å². The summed E-state index contributed by atoms with van der Waals surface area (Å²) in [5.41, 5.74) is 0. The molecule has 1 heterocycles. The van der Waals surface area contributed by atoms with Crippen molar-refractivity contribution in [3.63, 3.8) is 0 Å². The van der Waals surface area contributed by atoms with E-state index in [1.54, 1.807) is 10.8 Å². The predicted octanol–water partition coefficient (Wildman–Crippen LogP) is 0.182. The molecule has 54 valence electrons. The third-order valence-electron chi connectivity index (χ3n) is 1.14. The van der Waals surface area contributed by atoms with Gasteiger partial charge >= 0.3 is 0 Å². The molecule has 0 atom stereocenters. The van der Waals surface area contributed by atoms with Crippen LogP contribution in [0.2, 0.25) is 0 Å². The van der Waals surface area contributed by atoms with Crippen LogP contribution in [0.1, 0.15) is 0 Å². The van der Waals surface area contributed by atoms with Crippen LogP contribution in [0.25, 0.3) is 0 Å². The Morgan fingerprint density at radius 1 is 2.00 bits per heavy atom. The molecule has 0 aliphatic heterocycles. The first-order chi connectivity index (χ1) is 4.74. The Bertz CT molecular complexity index is 241. The third kappa shape index (κ3) is 1.39. The number of allylic oxidation sites excluding steroid dienone is 1. The van der Waals surface area contributed by atoms with Gasteiger partial charge in [-0.3, -0.25) is 0 Å². The van der Waals surface area contributed by atoms with Crippen molar-refractivity contribution in [2.75, 3.05) is 0 Å².